The van der Waals surface area contributed by atoms with Gasteiger partial charge in [0.25, 0.3) is 0 Å². The van der Waals surface area contributed by atoms with Crippen LogP contribution in [0.2, 0.25) is 5.15 Å². The van der Waals surface area contributed by atoms with E-state index in [1.807, 2.05) is 24.6 Å². The number of nitrogens with one attached hydrogen (secondary N) is 2. The first kappa shape index (κ1) is 9.71. The summed E-state index contributed by atoms with van der Waals surface area (Å²) in [6, 6.07) is 4.00. The van der Waals surface area contributed by atoms with E-state index in [0.29, 0.717) is 11.7 Å². The van der Waals surface area contributed by atoms with Crippen molar-refractivity contribution in [1.82, 2.24) is 15.3 Å². The van der Waals surface area contributed by atoms with Gasteiger partial charge in [0, 0.05) is 0 Å². The van der Waals surface area contributed by atoms with Gasteiger partial charge in [-0.2, -0.15) is 0 Å². The second-order valence-corrected chi connectivity index (χ2v) is 4.18. The highest BCUT2D eigenvalue weighted by atomic mass is 35.5. The summed E-state index contributed by atoms with van der Waals surface area (Å²) in [7, 11) is 1.88. The topological polar surface area (TPSA) is 40.7 Å². The third-order valence-electron chi connectivity index (χ3n) is 1.81. The molecule has 3 nitrogen and oxygen atoms in total. The van der Waals surface area contributed by atoms with Crippen LogP contribution in [0.3, 0.4) is 0 Å². The van der Waals surface area contributed by atoms with Gasteiger partial charge in [0.1, 0.15) is 16.7 Å². The van der Waals surface area contributed by atoms with Crippen LogP contribution in [0.1, 0.15) is 5.82 Å². The molecule has 14 heavy (non-hydrogen) atoms. The zero-order valence-electron chi connectivity index (χ0n) is 7.67. The van der Waals surface area contributed by atoms with Crippen molar-refractivity contribution in [2.45, 2.75) is 6.54 Å². The molecule has 0 amide bonds. The first-order chi connectivity index (χ1) is 6.81. The molecule has 0 saturated carbocycles. The minimum Gasteiger partial charge on any atom is -0.331 e. The lowest BCUT2D eigenvalue weighted by molar-refractivity contribution is 0.772. The van der Waals surface area contributed by atoms with Crippen LogP contribution in [-0.2, 0) is 6.54 Å². The maximum absolute atomic E-state index is 6.03. The average Bonchev–Trinajstić information content (AvgIpc) is 2.74. The Morgan fingerprint density at radius 2 is 2.50 bits per heavy atom. The van der Waals surface area contributed by atoms with E-state index in [1.165, 1.54) is 0 Å². The van der Waals surface area contributed by atoms with E-state index in [9.17, 15) is 0 Å². The summed E-state index contributed by atoms with van der Waals surface area (Å²) in [5.74, 6) is 0.862. The fraction of sp³-hybridized carbons (Fsp3) is 0.222. The number of hydrogen-bond acceptors (Lipinski definition) is 3. The average molecular weight is 228 g/mol. The highest BCUT2D eigenvalue weighted by Crippen LogP contribution is 2.28. The van der Waals surface area contributed by atoms with Crippen molar-refractivity contribution in [2.24, 2.45) is 0 Å². The molecule has 0 aromatic carbocycles. The Kier molecular flexibility index (Phi) is 2.86. The molecule has 2 aromatic rings. The Hall–Kier alpha value is -0.840. The number of aromatic nitrogens is 2. The highest BCUT2D eigenvalue weighted by molar-refractivity contribution is 7.13. The van der Waals surface area contributed by atoms with Gasteiger partial charge in [-0.1, -0.05) is 17.7 Å². The van der Waals surface area contributed by atoms with E-state index in [2.05, 4.69) is 15.3 Å². The Labute approximate surface area is 91.1 Å². The number of aromatic amines is 1. The normalized spacial score (nSPS) is 10.7. The molecule has 0 atom stereocenters. The molecular weight excluding hydrogens is 218 g/mol. The number of rotatable bonds is 3. The summed E-state index contributed by atoms with van der Waals surface area (Å²) < 4.78 is 0. The number of thiophene rings is 1. The second kappa shape index (κ2) is 4.13. The van der Waals surface area contributed by atoms with E-state index in [-0.39, 0.29) is 0 Å². The van der Waals surface area contributed by atoms with Crippen molar-refractivity contribution in [3.05, 3.63) is 28.5 Å². The van der Waals surface area contributed by atoms with Gasteiger partial charge in [0.2, 0.25) is 0 Å². The Balaban J connectivity index is 2.35. The molecule has 0 unspecified atom stereocenters. The third-order valence-corrected chi connectivity index (χ3v) is 2.96. The van der Waals surface area contributed by atoms with Crippen molar-refractivity contribution < 1.29 is 0 Å². The lowest BCUT2D eigenvalue weighted by atomic mass is 10.4. The van der Waals surface area contributed by atoms with Crippen LogP contribution >= 0.6 is 22.9 Å². The van der Waals surface area contributed by atoms with Crippen LogP contribution in [0.5, 0.6) is 0 Å². The molecule has 5 heteroatoms. The Bertz CT molecular complexity index is 408. The van der Waals surface area contributed by atoms with Crippen molar-refractivity contribution in [3.63, 3.8) is 0 Å². The van der Waals surface area contributed by atoms with Gasteiger partial charge in [0.15, 0.2) is 0 Å². The van der Waals surface area contributed by atoms with E-state index in [0.717, 1.165) is 16.4 Å². The molecule has 2 rings (SSSR count). The first-order valence-electron chi connectivity index (χ1n) is 4.24. The lowest BCUT2D eigenvalue weighted by Gasteiger charge is -1.90. The smallest absolute Gasteiger partial charge is 0.135 e. The fourth-order valence-electron chi connectivity index (χ4n) is 1.23. The maximum atomic E-state index is 6.03. The van der Waals surface area contributed by atoms with Crippen LogP contribution in [-0.4, -0.2) is 17.0 Å². The summed E-state index contributed by atoms with van der Waals surface area (Å²) in [4.78, 5) is 8.53. The summed E-state index contributed by atoms with van der Waals surface area (Å²) >= 11 is 7.67. The predicted octanol–water partition coefficient (Wildman–Crippen LogP) is 2.51. The van der Waals surface area contributed by atoms with Gasteiger partial charge in [-0.3, -0.25) is 0 Å². The fourth-order valence-corrected chi connectivity index (χ4v) is 2.25. The monoisotopic (exact) mass is 227 g/mol. The Morgan fingerprint density at radius 3 is 3.14 bits per heavy atom. The number of H-pyrrole nitrogens is 1. The van der Waals surface area contributed by atoms with Crippen LogP contribution in [0.25, 0.3) is 10.6 Å². The zero-order valence-corrected chi connectivity index (χ0v) is 9.25. The quantitative estimate of drug-likeness (QED) is 0.846. The molecule has 74 valence electrons. The van der Waals surface area contributed by atoms with Gasteiger partial charge >= 0.3 is 0 Å². The van der Waals surface area contributed by atoms with Gasteiger partial charge < -0.3 is 10.3 Å². The molecule has 0 spiro atoms. The molecule has 0 aliphatic heterocycles. The van der Waals surface area contributed by atoms with E-state index >= 15 is 0 Å². The van der Waals surface area contributed by atoms with Crippen molar-refractivity contribution in [3.8, 4) is 10.6 Å². The molecule has 0 fully saturated rings. The molecule has 2 aromatic heterocycles. The summed E-state index contributed by atoms with van der Waals surface area (Å²) in [6.07, 6.45) is 0. The van der Waals surface area contributed by atoms with Crippen LogP contribution < -0.4 is 5.32 Å². The first-order valence-corrected chi connectivity index (χ1v) is 5.50. The zero-order chi connectivity index (χ0) is 9.97. The molecular formula is C9H10ClN3S. The van der Waals surface area contributed by atoms with E-state index in [4.69, 9.17) is 11.6 Å². The van der Waals surface area contributed by atoms with Crippen molar-refractivity contribution in [1.29, 1.82) is 0 Å². The molecule has 0 aliphatic carbocycles. The van der Waals surface area contributed by atoms with Crippen LogP contribution in [0, 0.1) is 0 Å². The summed E-state index contributed by atoms with van der Waals surface area (Å²) in [5, 5.41) is 5.64. The standard InChI is InChI=1S/C9H10ClN3S/c1-11-5-7-12-8(9(10)13-7)6-3-2-4-14-6/h2-4,11H,5H2,1H3,(H,12,13). The minimum absolute atomic E-state index is 0.609. The molecule has 2 heterocycles. The van der Waals surface area contributed by atoms with Crippen molar-refractivity contribution in [2.75, 3.05) is 7.05 Å². The summed E-state index contributed by atoms with van der Waals surface area (Å²) in [5.41, 5.74) is 0.840. The van der Waals surface area contributed by atoms with E-state index in [1.54, 1.807) is 11.3 Å². The SMILES string of the molecule is CNCc1nc(-c2cccs2)c(Cl)[nH]1. The molecule has 2 N–H and O–H groups in total. The van der Waals surface area contributed by atoms with Gasteiger partial charge in [0.05, 0.1) is 11.4 Å². The third kappa shape index (κ3) is 1.82. The largest absolute Gasteiger partial charge is 0.331 e. The number of halogens is 1. The van der Waals surface area contributed by atoms with Crippen LogP contribution in [0.4, 0.5) is 0 Å². The predicted molar refractivity (Wildman–Crippen MR) is 59.7 cm³/mol. The van der Waals surface area contributed by atoms with Gasteiger partial charge in [-0.05, 0) is 18.5 Å². The highest BCUT2D eigenvalue weighted by Gasteiger charge is 2.10. The maximum Gasteiger partial charge on any atom is 0.135 e. The molecule has 0 radical (unpaired) electrons. The molecule has 0 aliphatic rings. The summed E-state index contributed by atoms with van der Waals surface area (Å²) in [6.45, 7) is 0.699. The minimum atomic E-state index is 0.609. The molecule has 0 bridgehead atoms. The van der Waals surface area contributed by atoms with Crippen molar-refractivity contribution >= 4 is 22.9 Å². The Morgan fingerprint density at radius 1 is 1.64 bits per heavy atom. The van der Waals surface area contributed by atoms with Gasteiger partial charge in [-0.25, -0.2) is 4.98 Å². The van der Waals surface area contributed by atoms with E-state index < -0.39 is 0 Å². The second-order valence-electron chi connectivity index (χ2n) is 2.85. The molecule has 0 saturated heterocycles. The number of hydrogen-bond donors (Lipinski definition) is 2. The van der Waals surface area contributed by atoms with Gasteiger partial charge in [-0.15, -0.1) is 11.3 Å². The number of nitrogens with zero attached hydrogens (tertiary/aromatic N) is 1. The lowest BCUT2D eigenvalue weighted by Crippen LogP contribution is -2.06. The van der Waals surface area contributed by atoms with Crippen LogP contribution in [0.15, 0.2) is 17.5 Å². The number of imidazole rings is 1.